The molecule has 0 saturated heterocycles. The molecule has 1 N–H and O–H groups in total. The summed E-state index contributed by atoms with van der Waals surface area (Å²) in [5.41, 5.74) is -1.00. The van der Waals surface area contributed by atoms with E-state index < -0.39 is 24.0 Å². The molecule has 0 spiro atoms. The van der Waals surface area contributed by atoms with Crippen molar-refractivity contribution in [1.29, 1.82) is 5.26 Å². The minimum absolute atomic E-state index is 0.0760. The number of nitrogens with zero attached hydrogens (tertiary/aromatic N) is 1. The summed E-state index contributed by atoms with van der Waals surface area (Å²) >= 11 is 3.29. The molecular formula is C16H19BrN2O4. The Morgan fingerprint density at radius 2 is 1.91 bits per heavy atom. The van der Waals surface area contributed by atoms with Crippen LogP contribution < -0.4 is 10.1 Å². The fraction of sp³-hybridized carbons (Fsp3) is 0.438. The number of carbonyl (C=O) groups is 2. The number of rotatable bonds is 7. The minimum Gasteiger partial charge on any atom is -0.482 e. The maximum atomic E-state index is 11.8. The summed E-state index contributed by atoms with van der Waals surface area (Å²) in [6.45, 7) is 4.51. The quantitative estimate of drug-likeness (QED) is 0.731. The largest absolute Gasteiger partial charge is 0.482 e. The molecule has 0 aliphatic carbocycles. The summed E-state index contributed by atoms with van der Waals surface area (Å²) in [6.07, 6.45) is 0. The number of carbonyl (C=O) groups excluding carboxylic acids is 2. The van der Waals surface area contributed by atoms with Gasteiger partial charge in [0.15, 0.2) is 13.2 Å². The molecule has 0 radical (unpaired) electrons. The molecule has 0 unspecified atom stereocenters. The van der Waals surface area contributed by atoms with Crippen LogP contribution >= 0.6 is 15.9 Å². The van der Waals surface area contributed by atoms with Gasteiger partial charge in [0.1, 0.15) is 11.3 Å². The van der Waals surface area contributed by atoms with Crippen molar-refractivity contribution in [3.05, 3.63) is 28.7 Å². The molecule has 0 aromatic heterocycles. The van der Waals surface area contributed by atoms with Crippen LogP contribution in [0, 0.1) is 17.2 Å². The van der Waals surface area contributed by atoms with Gasteiger partial charge in [0.05, 0.1) is 6.07 Å². The predicted octanol–water partition coefficient (Wildman–Crippen LogP) is 2.43. The van der Waals surface area contributed by atoms with E-state index in [4.69, 9.17) is 14.7 Å². The number of nitriles is 1. The summed E-state index contributed by atoms with van der Waals surface area (Å²) in [5.74, 6) is -0.745. The highest BCUT2D eigenvalue weighted by molar-refractivity contribution is 9.10. The van der Waals surface area contributed by atoms with Gasteiger partial charge in [0, 0.05) is 4.47 Å². The molecule has 1 aromatic rings. The van der Waals surface area contributed by atoms with E-state index in [1.807, 2.05) is 19.9 Å². The highest BCUT2D eigenvalue weighted by atomic mass is 79.9. The van der Waals surface area contributed by atoms with Crippen molar-refractivity contribution in [1.82, 2.24) is 5.32 Å². The number of esters is 1. The first-order valence-electron chi connectivity index (χ1n) is 7.03. The lowest BCUT2D eigenvalue weighted by molar-refractivity contribution is -0.150. The highest BCUT2D eigenvalue weighted by Gasteiger charge is 2.30. The van der Waals surface area contributed by atoms with Gasteiger partial charge < -0.3 is 14.8 Å². The van der Waals surface area contributed by atoms with Crippen molar-refractivity contribution >= 4 is 27.8 Å². The van der Waals surface area contributed by atoms with Crippen molar-refractivity contribution in [3.8, 4) is 11.8 Å². The third-order valence-corrected chi connectivity index (χ3v) is 3.85. The van der Waals surface area contributed by atoms with Gasteiger partial charge in [0.25, 0.3) is 5.91 Å². The summed E-state index contributed by atoms with van der Waals surface area (Å²) in [4.78, 5) is 23.3. The zero-order valence-corrected chi connectivity index (χ0v) is 14.8. The van der Waals surface area contributed by atoms with Crippen LogP contribution in [0.2, 0.25) is 0 Å². The van der Waals surface area contributed by atoms with E-state index in [1.54, 1.807) is 31.2 Å². The Morgan fingerprint density at radius 3 is 2.43 bits per heavy atom. The van der Waals surface area contributed by atoms with Crippen LogP contribution in [0.3, 0.4) is 0 Å². The van der Waals surface area contributed by atoms with E-state index in [2.05, 4.69) is 21.2 Å². The number of benzene rings is 1. The van der Waals surface area contributed by atoms with Crippen LogP contribution in [0.5, 0.6) is 5.75 Å². The van der Waals surface area contributed by atoms with Gasteiger partial charge in [-0.2, -0.15) is 5.26 Å². The van der Waals surface area contributed by atoms with Crippen molar-refractivity contribution in [2.24, 2.45) is 5.92 Å². The molecule has 1 atom stereocenters. The average molecular weight is 383 g/mol. The third-order valence-electron chi connectivity index (χ3n) is 3.32. The van der Waals surface area contributed by atoms with Crippen molar-refractivity contribution in [2.45, 2.75) is 26.3 Å². The van der Waals surface area contributed by atoms with E-state index in [0.717, 1.165) is 4.47 Å². The second-order valence-electron chi connectivity index (χ2n) is 5.42. The molecule has 1 aromatic carbocycles. The summed E-state index contributed by atoms with van der Waals surface area (Å²) < 4.78 is 11.0. The fourth-order valence-electron chi connectivity index (χ4n) is 1.49. The SMILES string of the molecule is CC(C)[C@](C)(C#N)NC(=O)COC(=O)COc1ccc(Br)cc1. The van der Waals surface area contributed by atoms with Crippen LogP contribution in [-0.2, 0) is 14.3 Å². The van der Waals surface area contributed by atoms with Gasteiger partial charge in [-0.3, -0.25) is 4.79 Å². The van der Waals surface area contributed by atoms with E-state index in [0.29, 0.717) is 5.75 Å². The summed E-state index contributed by atoms with van der Waals surface area (Å²) in [5, 5.41) is 11.7. The topological polar surface area (TPSA) is 88.4 Å². The van der Waals surface area contributed by atoms with E-state index in [1.165, 1.54) is 0 Å². The van der Waals surface area contributed by atoms with Crippen LogP contribution in [0.25, 0.3) is 0 Å². The minimum atomic E-state index is -1.00. The first-order chi connectivity index (χ1) is 10.8. The monoisotopic (exact) mass is 382 g/mol. The van der Waals surface area contributed by atoms with E-state index in [-0.39, 0.29) is 12.5 Å². The zero-order valence-electron chi connectivity index (χ0n) is 13.3. The normalized spacial score (nSPS) is 12.9. The fourth-order valence-corrected chi connectivity index (χ4v) is 1.75. The Hall–Kier alpha value is -2.07. The van der Waals surface area contributed by atoms with Crippen molar-refractivity contribution in [2.75, 3.05) is 13.2 Å². The van der Waals surface area contributed by atoms with Gasteiger partial charge in [-0.15, -0.1) is 0 Å². The van der Waals surface area contributed by atoms with Gasteiger partial charge >= 0.3 is 5.97 Å². The highest BCUT2D eigenvalue weighted by Crippen LogP contribution is 2.16. The molecule has 7 heteroatoms. The predicted molar refractivity (Wildman–Crippen MR) is 87.6 cm³/mol. The van der Waals surface area contributed by atoms with Crippen LogP contribution in [0.1, 0.15) is 20.8 Å². The molecule has 0 bridgehead atoms. The zero-order chi connectivity index (χ0) is 17.5. The molecule has 0 fully saturated rings. The van der Waals surface area contributed by atoms with Gasteiger partial charge in [-0.1, -0.05) is 29.8 Å². The van der Waals surface area contributed by atoms with Crippen LogP contribution in [0.15, 0.2) is 28.7 Å². The maximum absolute atomic E-state index is 11.8. The Kier molecular flexibility index (Phi) is 7.04. The van der Waals surface area contributed by atoms with Crippen molar-refractivity contribution in [3.63, 3.8) is 0 Å². The molecule has 23 heavy (non-hydrogen) atoms. The Labute approximate surface area is 143 Å². The first kappa shape index (κ1) is 19.0. The van der Waals surface area contributed by atoms with Gasteiger partial charge in [0.2, 0.25) is 0 Å². The Balaban J connectivity index is 2.37. The maximum Gasteiger partial charge on any atom is 0.344 e. The number of nitrogens with one attached hydrogen (secondary N) is 1. The second-order valence-corrected chi connectivity index (χ2v) is 6.34. The summed E-state index contributed by atoms with van der Waals surface area (Å²) in [7, 11) is 0. The molecule has 0 aliphatic heterocycles. The molecule has 1 rings (SSSR count). The lowest BCUT2D eigenvalue weighted by Gasteiger charge is -2.27. The van der Waals surface area contributed by atoms with Gasteiger partial charge in [-0.25, -0.2) is 4.79 Å². The molecule has 6 nitrogen and oxygen atoms in total. The number of hydrogen-bond acceptors (Lipinski definition) is 5. The lowest BCUT2D eigenvalue weighted by Crippen LogP contribution is -2.50. The smallest absolute Gasteiger partial charge is 0.344 e. The number of hydrogen-bond donors (Lipinski definition) is 1. The van der Waals surface area contributed by atoms with Crippen LogP contribution in [-0.4, -0.2) is 30.6 Å². The molecule has 124 valence electrons. The second kappa shape index (κ2) is 8.53. The first-order valence-corrected chi connectivity index (χ1v) is 7.82. The van der Waals surface area contributed by atoms with Crippen LogP contribution in [0.4, 0.5) is 0 Å². The number of ether oxygens (including phenoxy) is 2. The molecule has 1 amide bonds. The molecular weight excluding hydrogens is 364 g/mol. The third kappa shape index (κ3) is 6.28. The van der Waals surface area contributed by atoms with E-state index >= 15 is 0 Å². The Bertz CT molecular complexity index is 595. The lowest BCUT2D eigenvalue weighted by atomic mass is 9.90. The Morgan fingerprint density at radius 1 is 1.30 bits per heavy atom. The number of halogens is 1. The summed E-state index contributed by atoms with van der Waals surface area (Å²) in [6, 6.07) is 9.01. The van der Waals surface area contributed by atoms with Gasteiger partial charge in [-0.05, 0) is 37.1 Å². The molecule has 0 heterocycles. The average Bonchev–Trinajstić information content (AvgIpc) is 2.52. The number of amides is 1. The van der Waals surface area contributed by atoms with E-state index in [9.17, 15) is 9.59 Å². The standard InChI is InChI=1S/C16H19BrN2O4/c1-11(2)16(3,10-18)19-14(20)8-23-15(21)9-22-13-6-4-12(17)5-7-13/h4-7,11H,8-9H2,1-3H3,(H,19,20)/t16-/m0/s1. The molecule has 0 saturated carbocycles. The van der Waals surface area contributed by atoms with Crippen molar-refractivity contribution < 1.29 is 19.1 Å². The molecule has 0 aliphatic rings.